The Balaban J connectivity index is 1.52. The lowest BCUT2D eigenvalue weighted by Crippen LogP contribution is -2.24. The van der Waals surface area contributed by atoms with Crippen LogP contribution < -0.4 is 19.5 Å². The summed E-state index contributed by atoms with van der Waals surface area (Å²) in [5, 5.41) is 18.4. The highest BCUT2D eigenvalue weighted by Gasteiger charge is 2.31. The molecule has 0 saturated heterocycles. The number of amides is 1. The Morgan fingerprint density at radius 2 is 1.44 bits per heavy atom. The van der Waals surface area contributed by atoms with Crippen molar-refractivity contribution >= 4 is 22.4 Å². The zero-order chi connectivity index (χ0) is 30.4. The summed E-state index contributed by atoms with van der Waals surface area (Å²) in [5.41, 5.74) is 1.19. The number of hydrogen-bond donors (Lipinski definition) is 1. The van der Waals surface area contributed by atoms with Gasteiger partial charge in [0.2, 0.25) is 5.91 Å². The van der Waals surface area contributed by atoms with E-state index < -0.39 is 5.92 Å². The Morgan fingerprint density at radius 1 is 0.814 bits per heavy atom. The molecule has 1 heterocycles. The number of hydrogen-bond acceptors (Lipinski definition) is 7. The number of benzene rings is 3. The fourth-order valence-electron chi connectivity index (χ4n) is 5.43. The molecule has 3 aromatic carbocycles. The Labute approximate surface area is 254 Å². The van der Waals surface area contributed by atoms with E-state index in [1.165, 1.54) is 65.6 Å². The van der Waals surface area contributed by atoms with Gasteiger partial charge in [-0.1, -0.05) is 107 Å². The predicted octanol–water partition coefficient (Wildman–Crippen LogP) is 7.54. The SMILES string of the molecule is CCCCCCCCCCCCn1nnc(C(C(=O)Nc2c(OC)cc(OC)cc2OC)c2cccc3ccccc23)n1. The quantitative estimate of drug-likeness (QED) is 0.120. The molecule has 1 atom stereocenters. The predicted molar refractivity (Wildman–Crippen MR) is 170 cm³/mol. The normalized spacial score (nSPS) is 11.8. The monoisotopic (exact) mass is 587 g/mol. The first-order chi connectivity index (χ1) is 21.1. The van der Waals surface area contributed by atoms with Crippen LogP contribution in [0.25, 0.3) is 10.8 Å². The van der Waals surface area contributed by atoms with Crippen molar-refractivity contribution < 1.29 is 19.0 Å². The molecule has 1 unspecified atom stereocenters. The van der Waals surface area contributed by atoms with Crippen molar-refractivity contribution in [1.82, 2.24) is 20.2 Å². The van der Waals surface area contributed by atoms with Gasteiger partial charge in [0, 0.05) is 12.1 Å². The van der Waals surface area contributed by atoms with Crippen molar-refractivity contribution in [2.45, 2.75) is 83.6 Å². The van der Waals surface area contributed by atoms with Crippen LogP contribution in [0.2, 0.25) is 0 Å². The minimum atomic E-state index is -0.816. The summed E-state index contributed by atoms with van der Waals surface area (Å²) in [5.74, 6) is 0.583. The third-order valence-electron chi connectivity index (χ3n) is 7.80. The number of methoxy groups -OCH3 is 3. The van der Waals surface area contributed by atoms with Gasteiger partial charge in [-0.2, -0.15) is 4.80 Å². The van der Waals surface area contributed by atoms with E-state index in [-0.39, 0.29) is 5.91 Å². The maximum atomic E-state index is 14.1. The number of carbonyl (C=O) groups is 1. The standard InChI is InChI=1S/C34H45N5O4/c1-5-6-7-8-9-10-11-12-13-16-22-39-37-33(36-38-39)31(28-21-17-19-25-18-14-15-20-27(25)28)34(40)35-32-29(42-3)23-26(41-2)24-30(32)43-4/h14-15,17-21,23-24,31H,5-13,16,22H2,1-4H3,(H,35,40). The number of ether oxygens (including phenoxy) is 3. The van der Waals surface area contributed by atoms with Crippen LogP contribution in [0.3, 0.4) is 0 Å². The highest BCUT2D eigenvalue weighted by Crippen LogP contribution is 2.40. The first-order valence-electron chi connectivity index (χ1n) is 15.5. The fraction of sp³-hybridized carbons (Fsp3) is 0.471. The molecule has 1 amide bonds. The largest absolute Gasteiger partial charge is 0.496 e. The van der Waals surface area contributed by atoms with Gasteiger partial charge in [0.25, 0.3) is 0 Å². The lowest BCUT2D eigenvalue weighted by atomic mass is 9.92. The van der Waals surface area contributed by atoms with Crippen molar-refractivity contribution in [3.8, 4) is 17.2 Å². The van der Waals surface area contributed by atoms with Crippen molar-refractivity contribution in [3.05, 3.63) is 66.0 Å². The number of rotatable bonds is 18. The summed E-state index contributed by atoms with van der Waals surface area (Å²) < 4.78 is 16.5. The van der Waals surface area contributed by atoms with Crippen LogP contribution in [0, 0.1) is 0 Å². The summed E-state index contributed by atoms with van der Waals surface area (Å²) >= 11 is 0. The van der Waals surface area contributed by atoms with Gasteiger partial charge in [0.1, 0.15) is 28.9 Å². The highest BCUT2D eigenvalue weighted by molar-refractivity contribution is 6.03. The molecule has 230 valence electrons. The number of aromatic nitrogens is 4. The van der Waals surface area contributed by atoms with Gasteiger partial charge >= 0.3 is 0 Å². The Hall–Kier alpha value is -4.14. The van der Waals surface area contributed by atoms with E-state index in [0.29, 0.717) is 35.3 Å². The zero-order valence-electron chi connectivity index (χ0n) is 26.0. The average Bonchev–Trinajstić information content (AvgIpc) is 3.50. The highest BCUT2D eigenvalue weighted by atomic mass is 16.5. The van der Waals surface area contributed by atoms with Crippen LogP contribution in [-0.2, 0) is 11.3 Å². The summed E-state index contributed by atoms with van der Waals surface area (Å²) in [6.45, 7) is 2.91. The third-order valence-corrected chi connectivity index (χ3v) is 7.80. The number of carbonyl (C=O) groups excluding carboxylic acids is 1. The molecule has 0 aliphatic carbocycles. The van der Waals surface area contributed by atoms with Gasteiger partial charge in [0.05, 0.1) is 27.9 Å². The van der Waals surface area contributed by atoms with Crippen LogP contribution >= 0.6 is 0 Å². The molecule has 0 spiro atoms. The number of unbranched alkanes of at least 4 members (excludes halogenated alkanes) is 9. The molecule has 0 aliphatic rings. The summed E-state index contributed by atoms with van der Waals surface area (Å²) in [4.78, 5) is 15.7. The number of fused-ring (bicyclic) bond motifs is 1. The number of aryl methyl sites for hydroxylation is 1. The van der Waals surface area contributed by atoms with Gasteiger partial charge in [-0.05, 0) is 28.0 Å². The number of nitrogens with one attached hydrogen (secondary N) is 1. The van der Waals surface area contributed by atoms with E-state index in [1.54, 1.807) is 24.0 Å². The molecule has 1 N–H and O–H groups in total. The van der Waals surface area contributed by atoms with E-state index in [4.69, 9.17) is 19.3 Å². The molecule has 4 aromatic rings. The van der Waals surface area contributed by atoms with E-state index >= 15 is 0 Å². The molecule has 43 heavy (non-hydrogen) atoms. The summed E-state index contributed by atoms with van der Waals surface area (Å²) in [7, 11) is 4.63. The molecule has 0 aliphatic heterocycles. The van der Waals surface area contributed by atoms with E-state index in [1.807, 2.05) is 42.5 Å². The van der Waals surface area contributed by atoms with Crippen molar-refractivity contribution in [3.63, 3.8) is 0 Å². The van der Waals surface area contributed by atoms with Crippen LogP contribution in [0.1, 0.15) is 88.4 Å². The average molecular weight is 588 g/mol. The molecule has 0 radical (unpaired) electrons. The number of nitrogens with zero attached hydrogens (tertiary/aromatic N) is 4. The van der Waals surface area contributed by atoms with Crippen molar-refractivity contribution in [2.75, 3.05) is 26.6 Å². The molecule has 0 saturated carbocycles. The number of tetrazole rings is 1. The molecule has 1 aromatic heterocycles. The molecule has 9 heteroatoms. The minimum Gasteiger partial charge on any atom is -0.496 e. The molecule has 9 nitrogen and oxygen atoms in total. The molecule has 0 bridgehead atoms. The van der Waals surface area contributed by atoms with Crippen LogP contribution in [0.5, 0.6) is 17.2 Å². The third kappa shape index (κ3) is 8.46. The van der Waals surface area contributed by atoms with Crippen molar-refractivity contribution in [2.24, 2.45) is 0 Å². The van der Waals surface area contributed by atoms with Gasteiger partial charge in [-0.3, -0.25) is 4.79 Å². The molecular formula is C34H45N5O4. The van der Waals surface area contributed by atoms with Gasteiger partial charge in [0.15, 0.2) is 5.82 Å². The molecule has 4 rings (SSSR count). The van der Waals surface area contributed by atoms with Crippen LogP contribution in [0.4, 0.5) is 5.69 Å². The van der Waals surface area contributed by atoms with Gasteiger partial charge in [-0.25, -0.2) is 0 Å². The maximum Gasteiger partial charge on any atom is 0.240 e. The summed E-state index contributed by atoms with van der Waals surface area (Å²) in [6.07, 6.45) is 12.6. The van der Waals surface area contributed by atoms with Crippen LogP contribution in [0.15, 0.2) is 54.6 Å². The molecular weight excluding hydrogens is 542 g/mol. The zero-order valence-corrected chi connectivity index (χ0v) is 26.0. The van der Waals surface area contributed by atoms with E-state index in [9.17, 15) is 4.79 Å². The number of anilines is 1. The Morgan fingerprint density at radius 3 is 2.09 bits per heavy atom. The Kier molecular flexibility index (Phi) is 12.2. The maximum absolute atomic E-state index is 14.1. The van der Waals surface area contributed by atoms with E-state index in [2.05, 4.69) is 22.6 Å². The second-order valence-corrected chi connectivity index (χ2v) is 10.8. The van der Waals surface area contributed by atoms with E-state index in [0.717, 1.165) is 29.2 Å². The second kappa shape index (κ2) is 16.5. The Bertz CT molecular complexity index is 1420. The summed E-state index contributed by atoms with van der Waals surface area (Å²) in [6, 6.07) is 17.3. The lowest BCUT2D eigenvalue weighted by molar-refractivity contribution is -0.116. The lowest BCUT2D eigenvalue weighted by Gasteiger charge is -2.19. The smallest absolute Gasteiger partial charge is 0.240 e. The first-order valence-corrected chi connectivity index (χ1v) is 15.5. The first kappa shape index (κ1) is 31.8. The van der Waals surface area contributed by atoms with Crippen molar-refractivity contribution in [1.29, 1.82) is 0 Å². The topological polar surface area (TPSA) is 100 Å². The second-order valence-electron chi connectivity index (χ2n) is 10.8. The minimum absolute atomic E-state index is 0.323. The van der Waals surface area contributed by atoms with Gasteiger partial charge < -0.3 is 19.5 Å². The van der Waals surface area contributed by atoms with Gasteiger partial charge in [-0.15, -0.1) is 10.2 Å². The van der Waals surface area contributed by atoms with Crippen LogP contribution in [-0.4, -0.2) is 47.4 Å². The fourth-order valence-corrected chi connectivity index (χ4v) is 5.43. The molecule has 0 fully saturated rings.